The average molecular weight is 541 g/mol. The van der Waals surface area contributed by atoms with Gasteiger partial charge in [0.1, 0.15) is 0 Å². The van der Waals surface area contributed by atoms with Gasteiger partial charge in [0, 0.05) is 30.8 Å². The summed E-state index contributed by atoms with van der Waals surface area (Å²) in [7, 11) is 1.60. The highest BCUT2D eigenvalue weighted by Gasteiger charge is 2.14. The molecule has 0 saturated carbocycles. The van der Waals surface area contributed by atoms with Gasteiger partial charge in [-0.25, -0.2) is 19.6 Å². The van der Waals surface area contributed by atoms with Crippen LogP contribution in [0.1, 0.15) is 39.0 Å². The first-order valence-electron chi connectivity index (χ1n) is 11.2. The molecule has 0 aliphatic carbocycles. The molecule has 0 unspecified atom stereocenters. The molecule has 3 aromatic rings. The Labute approximate surface area is 222 Å². The van der Waals surface area contributed by atoms with Gasteiger partial charge in [0.15, 0.2) is 5.13 Å². The van der Waals surface area contributed by atoms with Crippen LogP contribution in [-0.2, 0) is 24.1 Å². The van der Waals surface area contributed by atoms with Crippen molar-refractivity contribution < 1.29 is 29.4 Å². The number of primary amides is 1. The standard InChI is InChI=1S/C24H25N5O4S.CH3NO2/c1-15(30)28-23-29-20(12-7-16-5-10-19(11-6-16)26-14-27-24(32)33)21(34-23)13-17-3-8-18(9-4-17)22(31)25-2;2-1(3)4/h3-6,8-11,14H,7,12-13H2,1-2H3,(H,25,31)(H,26,27)(H,32,33)(H,28,29,30);2H2,(H,3,4). The Morgan fingerprint density at radius 1 is 1.00 bits per heavy atom. The zero-order valence-electron chi connectivity index (χ0n) is 20.7. The zero-order valence-corrected chi connectivity index (χ0v) is 21.5. The normalized spacial score (nSPS) is 10.3. The minimum atomic E-state index is -1.33. The lowest BCUT2D eigenvalue weighted by atomic mass is 10.0. The molecular formula is C25H28N6O6S. The quantitative estimate of drug-likeness (QED) is 0.177. The van der Waals surface area contributed by atoms with Crippen molar-refractivity contribution in [3.63, 3.8) is 0 Å². The molecule has 12 nitrogen and oxygen atoms in total. The maximum Gasteiger partial charge on any atom is 0.409 e. The Morgan fingerprint density at radius 3 is 2.16 bits per heavy atom. The third-order valence-electron chi connectivity index (χ3n) is 4.86. The van der Waals surface area contributed by atoms with Gasteiger partial charge in [0.05, 0.1) is 17.7 Å². The van der Waals surface area contributed by atoms with Crippen molar-refractivity contribution >= 4 is 52.5 Å². The maximum absolute atomic E-state index is 11.8. The molecule has 4 amide bonds. The molecule has 3 rings (SSSR count). The number of hydrogen-bond acceptors (Lipinski definition) is 7. The second-order valence-electron chi connectivity index (χ2n) is 7.74. The monoisotopic (exact) mass is 540 g/mol. The summed E-state index contributed by atoms with van der Waals surface area (Å²) in [5, 5.41) is 23.8. The van der Waals surface area contributed by atoms with Crippen LogP contribution in [-0.4, -0.2) is 52.6 Å². The van der Waals surface area contributed by atoms with E-state index in [4.69, 9.17) is 15.0 Å². The molecule has 0 spiro atoms. The fraction of sp³-hybridized carbons (Fsp3) is 0.200. The van der Waals surface area contributed by atoms with Crippen molar-refractivity contribution in [3.8, 4) is 0 Å². The molecular weight excluding hydrogens is 512 g/mol. The van der Waals surface area contributed by atoms with Crippen LogP contribution in [0.2, 0.25) is 0 Å². The minimum absolute atomic E-state index is 0.132. The van der Waals surface area contributed by atoms with E-state index in [1.165, 1.54) is 18.3 Å². The number of carbonyl (C=O) groups is 4. The van der Waals surface area contributed by atoms with E-state index in [1.54, 1.807) is 19.2 Å². The van der Waals surface area contributed by atoms with Crippen LogP contribution in [0.15, 0.2) is 53.5 Å². The first kappa shape index (κ1) is 29.5. The summed E-state index contributed by atoms with van der Waals surface area (Å²) in [5.74, 6) is -0.303. The lowest BCUT2D eigenvalue weighted by Gasteiger charge is -2.05. The molecule has 0 atom stereocenters. The minimum Gasteiger partial charge on any atom is -0.465 e. The van der Waals surface area contributed by atoms with Crippen LogP contribution in [0.25, 0.3) is 0 Å². The Balaban J connectivity index is 0.00000118. The van der Waals surface area contributed by atoms with Crippen molar-refractivity contribution in [1.82, 2.24) is 15.6 Å². The van der Waals surface area contributed by atoms with Crippen LogP contribution in [0.3, 0.4) is 0 Å². The lowest BCUT2D eigenvalue weighted by Crippen LogP contribution is -2.17. The summed E-state index contributed by atoms with van der Waals surface area (Å²) >= 11 is 1.45. The first-order chi connectivity index (χ1) is 18.1. The van der Waals surface area contributed by atoms with E-state index in [2.05, 4.69) is 31.7 Å². The van der Waals surface area contributed by atoms with Gasteiger partial charge in [-0.15, -0.1) is 11.3 Å². The number of benzene rings is 2. The number of aliphatic imine (C=N–C) groups is 1. The van der Waals surface area contributed by atoms with E-state index >= 15 is 0 Å². The Kier molecular flexibility index (Phi) is 11.4. The molecule has 38 heavy (non-hydrogen) atoms. The number of anilines is 1. The smallest absolute Gasteiger partial charge is 0.409 e. The summed E-state index contributed by atoms with van der Waals surface area (Å²) in [6, 6.07) is 14.9. The van der Waals surface area contributed by atoms with Gasteiger partial charge < -0.3 is 26.6 Å². The highest BCUT2D eigenvalue weighted by atomic mass is 32.1. The topological polar surface area (TPSA) is 196 Å². The number of nitrogens with one attached hydrogen (secondary N) is 3. The van der Waals surface area contributed by atoms with Crippen molar-refractivity contribution in [2.24, 2.45) is 10.7 Å². The van der Waals surface area contributed by atoms with Gasteiger partial charge in [-0.05, 0) is 48.2 Å². The van der Waals surface area contributed by atoms with E-state index in [0.29, 0.717) is 29.2 Å². The van der Waals surface area contributed by atoms with Gasteiger partial charge in [0.2, 0.25) is 5.91 Å². The van der Waals surface area contributed by atoms with E-state index in [-0.39, 0.29) is 11.8 Å². The van der Waals surface area contributed by atoms with Crippen LogP contribution in [0, 0.1) is 0 Å². The SMILES string of the molecule is CNC(=O)c1ccc(Cc2sc(NC(C)=O)nc2CCc2ccc(N=CNC(=O)O)cc2)cc1.NC(=O)O. The van der Waals surface area contributed by atoms with Gasteiger partial charge in [-0.2, -0.15) is 0 Å². The van der Waals surface area contributed by atoms with Crippen LogP contribution in [0.5, 0.6) is 0 Å². The Hall–Kier alpha value is -4.78. The number of thiazole rings is 1. The molecule has 0 radical (unpaired) electrons. The number of aromatic nitrogens is 1. The molecule has 2 aromatic carbocycles. The summed E-state index contributed by atoms with van der Waals surface area (Å²) < 4.78 is 0. The second-order valence-corrected chi connectivity index (χ2v) is 8.82. The van der Waals surface area contributed by atoms with E-state index < -0.39 is 12.2 Å². The highest BCUT2D eigenvalue weighted by molar-refractivity contribution is 7.15. The number of nitrogens with zero attached hydrogens (tertiary/aromatic N) is 2. The molecule has 0 fully saturated rings. The number of amides is 4. The number of rotatable bonds is 9. The van der Waals surface area contributed by atoms with Crippen LogP contribution >= 0.6 is 11.3 Å². The summed E-state index contributed by atoms with van der Waals surface area (Å²) in [5.41, 5.74) is 8.31. The number of nitrogens with two attached hydrogens (primary N) is 1. The molecule has 7 N–H and O–H groups in total. The average Bonchev–Trinajstić information content (AvgIpc) is 3.23. The predicted octanol–water partition coefficient (Wildman–Crippen LogP) is 3.39. The zero-order chi connectivity index (χ0) is 28.1. The molecule has 0 aliphatic heterocycles. The number of carboxylic acid groups (broad SMARTS) is 2. The molecule has 0 aliphatic rings. The third kappa shape index (κ3) is 10.5. The lowest BCUT2D eigenvalue weighted by molar-refractivity contribution is -0.114. The molecule has 1 aromatic heterocycles. The molecule has 0 bridgehead atoms. The molecule has 1 heterocycles. The van der Waals surface area contributed by atoms with E-state index in [0.717, 1.165) is 34.5 Å². The predicted molar refractivity (Wildman–Crippen MR) is 144 cm³/mol. The summed E-state index contributed by atoms with van der Waals surface area (Å²) in [6.45, 7) is 1.45. The fourth-order valence-electron chi connectivity index (χ4n) is 3.20. The van der Waals surface area contributed by atoms with Crippen molar-refractivity contribution in [3.05, 3.63) is 75.8 Å². The van der Waals surface area contributed by atoms with Crippen molar-refractivity contribution in [2.45, 2.75) is 26.2 Å². The largest absolute Gasteiger partial charge is 0.465 e. The fourth-order valence-corrected chi connectivity index (χ4v) is 4.29. The van der Waals surface area contributed by atoms with Gasteiger partial charge in [-0.1, -0.05) is 24.3 Å². The van der Waals surface area contributed by atoms with E-state index in [1.807, 2.05) is 36.4 Å². The Morgan fingerprint density at radius 2 is 1.61 bits per heavy atom. The van der Waals surface area contributed by atoms with Gasteiger partial charge in [-0.3, -0.25) is 14.9 Å². The Bertz CT molecular complexity index is 1280. The molecule has 0 saturated heterocycles. The third-order valence-corrected chi connectivity index (χ3v) is 5.87. The number of aryl methyl sites for hydroxylation is 2. The van der Waals surface area contributed by atoms with Crippen LogP contribution < -0.4 is 21.7 Å². The maximum atomic E-state index is 11.8. The summed E-state index contributed by atoms with van der Waals surface area (Å²) in [4.78, 5) is 52.2. The summed E-state index contributed by atoms with van der Waals surface area (Å²) in [6.07, 6.45) is 0.697. The van der Waals surface area contributed by atoms with Crippen molar-refractivity contribution in [2.75, 3.05) is 12.4 Å². The van der Waals surface area contributed by atoms with E-state index in [9.17, 15) is 14.4 Å². The van der Waals surface area contributed by atoms with Gasteiger partial charge >= 0.3 is 12.2 Å². The van der Waals surface area contributed by atoms with Crippen LogP contribution in [0.4, 0.5) is 20.4 Å². The van der Waals surface area contributed by atoms with Gasteiger partial charge in [0.25, 0.3) is 5.91 Å². The highest BCUT2D eigenvalue weighted by Crippen LogP contribution is 2.27. The first-order valence-corrected chi connectivity index (χ1v) is 12.1. The molecule has 13 heteroatoms. The van der Waals surface area contributed by atoms with Crippen molar-refractivity contribution in [1.29, 1.82) is 0 Å². The number of hydrogen-bond donors (Lipinski definition) is 6. The number of carbonyl (C=O) groups excluding carboxylic acids is 2. The molecule has 200 valence electrons. The second kappa shape index (κ2) is 14.7.